The van der Waals surface area contributed by atoms with E-state index in [0.29, 0.717) is 17.4 Å². The Labute approximate surface area is 102 Å². The molecule has 0 atom stereocenters. The molecule has 0 saturated carbocycles. The van der Waals surface area contributed by atoms with Crippen LogP contribution in [0.1, 0.15) is 18.5 Å². The minimum atomic E-state index is -2.75. The van der Waals surface area contributed by atoms with E-state index >= 15 is 0 Å². The van der Waals surface area contributed by atoms with Gasteiger partial charge in [0, 0.05) is 12.2 Å². The van der Waals surface area contributed by atoms with Crippen LogP contribution in [-0.4, -0.2) is 31.5 Å². The molecule has 4 nitrogen and oxygen atoms in total. The molecule has 0 bridgehead atoms. The molecule has 1 saturated heterocycles. The van der Waals surface area contributed by atoms with Crippen LogP contribution in [0.5, 0.6) is 0 Å². The zero-order valence-electron chi connectivity index (χ0n) is 10.0. The van der Waals surface area contributed by atoms with Gasteiger partial charge in [-0.2, -0.15) is 0 Å². The van der Waals surface area contributed by atoms with E-state index in [9.17, 15) is 8.42 Å². The Hall–Kier alpha value is -1.10. The molecule has 1 N–H and O–H groups in total. The Kier molecular flexibility index (Phi) is 3.66. The fourth-order valence-electron chi connectivity index (χ4n) is 2.03. The van der Waals surface area contributed by atoms with Gasteiger partial charge in [-0.1, -0.05) is 6.07 Å². The third-order valence-electron chi connectivity index (χ3n) is 3.13. The molecule has 94 valence electrons. The highest BCUT2D eigenvalue weighted by molar-refractivity contribution is 7.91. The summed E-state index contributed by atoms with van der Waals surface area (Å²) in [4.78, 5) is 4.36. The number of rotatable bonds is 3. The molecule has 1 aliphatic rings. The molecule has 0 radical (unpaired) electrons. The number of anilines is 1. The molecular weight excluding hydrogens is 236 g/mol. The van der Waals surface area contributed by atoms with Crippen LogP contribution in [0, 0.1) is 12.8 Å². The zero-order chi connectivity index (χ0) is 12.3. The molecule has 5 heteroatoms. The van der Waals surface area contributed by atoms with Crippen LogP contribution in [0.3, 0.4) is 0 Å². The van der Waals surface area contributed by atoms with Gasteiger partial charge in [-0.05, 0) is 37.8 Å². The first kappa shape index (κ1) is 12.4. The summed E-state index contributed by atoms with van der Waals surface area (Å²) in [6, 6.07) is 5.86. The second-order valence-electron chi connectivity index (χ2n) is 4.64. The van der Waals surface area contributed by atoms with E-state index in [0.717, 1.165) is 30.9 Å². The first-order valence-corrected chi connectivity index (χ1v) is 7.75. The van der Waals surface area contributed by atoms with Gasteiger partial charge in [0.05, 0.1) is 11.5 Å². The molecule has 0 spiro atoms. The van der Waals surface area contributed by atoms with Crippen LogP contribution in [0.2, 0.25) is 0 Å². The number of hydrogen-bond acceptors (Lipinski definition) is 4. The van der Waals surface area contributed by atoms with Crippen LogP contribution >= 0.6 is 0 Å². The van der Waals surface area contributed by atoms with Gasteiger partial charge in [0.15, 0.2) is 0 Å². The predicted octanol–water partition coefficient (Wildman–Crippen LogP) is 1.63. The van der Waals surface area contributed by atoms with E-state index < -0.39 is 9.84 Å². The first-order valence-electron chi connectivity index (χ1n) is 5.93. The number of aromatic nitrogens is 1. The molecule has 1 aliphatic heterocycles. The molecule has 0 unspecified atom stereocenters. The van der Waals surface area contributed by atoms with Crippen LogP contribution in [-0.2, 0) is 9.84 Å². The van der Waals surface area contributed by atoms with Crippen molar-refractivity contribution in [2.75, 3.05) is 23.4 Å². The van der Waals surface area contributed by atoms with Gasteiger partial charge < -0.3 is 5.32 Å². The molecule has 1 aromatic rings. The molecule has 0 aromatic carbocycles. The maximum atomic E-state index is 11.3. The highest BCUT2D eigenvalue weighted by Crippen LogP contribution is 2.19. The number of nitrogens with one attached hydrogen (secondary N) is 1. The Balaban J connectivity index is 1.84. The standard InChI is InChI=1S/C12H18N2O2S/c1-10-3-2-4-12(14-10)13-9-11-5-7-17(15,16)8-6-11/h2-4,11H,5-9H2,1H3,(H,13,14). The van der Waals surface area contributed by atoms with Crippen molar-refractivity contribution in [2.24, 2.45) is 5.92 Å². The molecule has 2 heterocycles. The van der Waals surface area contributed by atoms with Crippen molar-refractivity contribution in [3.63, 3.8) is 0 Å². The smallest absolute Gasteiger partial charge is 0.150 e. The summed E-state index contributed by atoms with van der Waals surface area (Å²) in [5, 5.41) is 3.28. The largest absolute Gasteiger partial charge is 0.370 e. The summed E-state index contributed by atoms with van der Waals surface area (Å²) in [5.41, 5.74) is 0.987. The molecule has 0 amide bonds. The molecule has 1 fully saturated rings. The third kappa shape index (κ3) is 3.70. The number of pyridine rings is 1. The molecular formula is C12H18N2O2S. The van der Waals surface area contributed by atoms with Crippen molar-refractivity contribution < 1.29 is 8.42 Å². The summed E-state index contributed by atoms with van der Waals surface area (Å²) in [5.74, 6) is 1.99. The number of hydrogen-bond donors (Lipinski definition) is 1. The fourth-order valence-corrected chi connectivity index (χ4v) is 3.62. The van der Waals surface area contributed by atoms with E-state index in [1.807, 2.05) is 25.1 Å². The van der Waals surface area contributed by atoms with E-state index in [1.54, 1.807) is 0 Å². The minimum Gasteiger partial charge on any atom is -0.370 e. The number of aryl methyl sites for hydroxylation is 1. The molecule has 17 heavy (non-hydrogen) atoms. The van der Waals surface area contributed by atoms with E-state index in [2.05, 4.69) is 10.3 Å². The lowest BCUT2D eigenvalue weighted by Gasteiger charge is -2.22. The second-order valence-corrected chi connectivity index (χ2v) is 6.94. The van der Waals surface area contributed by atoms with Gasteiger partial charge in [0.1, 0.15) is 15.7 Å². The van der Waals surface area contributed by atoms with Crippen LogP contribution in [0.15, 0.2) is 18.2 Å². The van der Waals surface area contributed by atoms with Crippen molar-refractivity contribution in [1.29, 1.82) is 0 Å². The fraction of sp³-hybridized carbons (Fsp3) is 0.583. The third-order valence-corrected chi connectivity index (χ3v) is 4.85. The molecule has 1 aromatic heterocycles. The summed E-state index contributed by atoms with van der Waals surface area (Å²) in [7, 11) is -2.75. The summed E-state index contributed by atoms with van der Waals surface area (Å²) in [6.45, 7) is 2.77. The van der Waals surface area contributed by atoms with Crippen molar-refractivity contribution in [1.82, 2.24) is 4.98 Å². The minimum absolute atomic E-state index is 0.334. The lowest BCUT2D eigenvalue weighted by atomic mass is 10.0. The highest BCUT2D eigenvalue weighted by atomic mass is 32.2. The van der Waals surface area contributed by atoms with Crippen molar-refractivity contribution in [3.05, 3.63) is 23.9 Å². The lowest BCUT2D eigenvalue weighted by molar-refractivity contribution is 0.484. The zero-order valence-corrected chi connectivity index (χ0v) is 10.8. The number of nitrogens with zero attached hydrogens (tertiary/aromatic N) is 1. The average molecular weight is 254 g/mol. The van der Waals surface area contributed by atoms with Crippen LogP contribution in [0.25, 0.3) is 0 Å². The maximum absolute atomic E-state index is 11.3. The topological polar surface area (TPSA) is 59.1 Å². The Morgan fingerprint density at radius 1 is 1.35 bits per heavy atom. The van der Waals surface area contributed by atoms with Crippen molar-refractivity contribution in [2.45, 2.75) is 19.8 Å². The summed E-state index contributed by atoms with van der Waals surface area (Å²) >= 11 is 0. The van der Waals surface area contributed by atoms with E-state index in [4.69, 9.17) is 0 Å². The van der Waals surface area contributed by atoms with E-state index in [1.165, 1.54) is 0 Å². The van der Waals surface area contributed by atoms with Crippen LogP contribution < -0.4 is 5.32 Å². The quantitative estimate of drug-likeness (QED) is 0.890. The summed E-state index contributed by atoms with van der Waals surface area (Å²) in [6.07, 6.45) is 1.53. The van der Waals surface area contributed by atoms with Gasteiger partial charge in [0.25, 0.3) is 0 Å². The normalized spacial score (nSPS) is 20.1. The lowest BCUT2D eigenvalue weighted by Crippen LogP contribution is -2.27. The maximum Gasteiger partial charge on any atom is 0.150 e. The van der Waals surface area contributed by atoms with Gasteiger partial charge in [-0.25, -0.2) is 13.4 Å². The number of sulfone groups is 1. The molecule has 0 aliphatic carbocycles. The Morgan fingerprint density at radius 2 is 2.06 bits per heavy atom. The first-order chi connectivity index (χ1) is 8.05. The van der Waals surface area contributed by atoms with Crippen LogP contribution in [0.4, 0.5) is 5.82 Å². The van der Waals surface area contributed by atoms with Gasteiger partial charge in [-0.3, -0.25) is 0 Å². The van der Waals surface area contributed by atoms with Crippen molar-refractivity contribution >= 4 is 15.7 Å². The monoisotopic (exact) mass is 254 g/mol. The van der Waals surface area contributed by atoms with E-state index in [-0.39, 0.29) is 0 Å². The average Bonchev–Trinajstić information content (AvgIpc) is 2.28. The highest BCUT2D eigenvalue weighted by Gasteiger charge is 2.23. The second kappa shape index (κ2) is 5.04. The summed E-state index contributed by atoms with van der Waals surface area (Å²) < 4.78 is 22.6. The van der Waals surface area contributed by atoms with Gasteiger partial charge >= 0.3 is 0 Å². The Morgan fingerprint density at radius 3 is 2.71 bits per heavy atom. The van der Waals surface area contributed by atoms with Gasteiger partial charge in [0.2, 0.25) is 0 Å². The molecule has 2 rings (SSSR count). The Bertz CT molecular complexity index is 471. The van der Waals surface area contributed by atoms with Gasteiger partial charge in [-0.15, -0.1) is 0 Å². The van der Waals surface area contributed by atoms with Crippen molar-refractivity contribution in [3.8, 4) is 0 Å². The SMILES string of the molecule is Cc1cccc(NCC2CCS(=O)(=O)CC2)n1. The predicted molar refractivity (Wildman–Crippen MR) is 68.8 cm³/mol.